The third kappa shape index (κ3) is 4.44. The highest BCUT2D eigenvalue weighted by atomic mass is 32.2. The van der Waals surface area contributed by atoms with Crippen LogP contribution in [0.1, 0.15) is 13.3 Å². The van der Waals surface area contributed by atoms with E-state index in [9.17, 15) is 0 Å². The molecule has 0 saturated carbocycles. The van der Waals surface area contributed by atoms with Gasteiger partial charge in [0, 0.05) is 4.70 Å². The van der Waals surface area contributed by atoms with Gasteiger partial charge in [0.1, 0.15) is 0 Å². The molecule has 0 aliphatic rings. The van der Waals surface area contributed by atoms with Crippen molar-refractivity contribution in [2.75, 3.05) is 5.75 Å². The van der Waals surface area contributed by atoms with Crippen molar-refractivity contribution in [3.8, 4) is 0 Å². The standard InChI is InChI=1S/C4H8S2/c1-2-3-6-4-5/h4H,2-3H2,1H3. The van der Waals surface area contributed by atoms with Crippen LogP contribution in [0.3, 0.4) is 0 Å². The lowest BCUT2D eigenvalue weighted by atomic mass is 10.6. The Balaban J connectivity index is 2.49. The zero-order chi connectivity index (χ0) is 4.83. The van der Waals surface area contributed by atoms with Crippen LogP contribution in [0.2, 0.25) is 0 Å². The molecule has 0 rings (SSSR count). The average Bonchev–Trinajstić information content (AvgIpc) is 1.61. The molecule has 0 fully saturated rings. The molecule has 0 heterocycles. The summed E-state index contributed by atoms with van der Waals surface area (Å²) in [5.41, 5.74) is 0. The molecule has 0 spiro atoms. The van der Waals surface area contributed by atoms with Crippen molar-refractivity contribution >= 4 is 28.7 Å². The first-order valence-corrected chi connectivity index (χ1v) is 3.49. The van der Waals surface area contributed by atoms with Crippen LogP contribution in [0.4, 0.5) is 0 Å². The Morgan fingerprint density at radius 3 is 2.67 bits per heavy atom. The number of thioether (sulfide) groups is 1. The minimum absolute atomic E-state index is 1.17. The van der Waals surface area contributed by atoms with Gasteiger partial charge in [-0.1, -0.05) is 19.1 Å². The number of hydrogen-bond acceptors (Lipinski definition) is 2. The molecule has 6 heavy (non-hydrogen) atoms. The largest absolute Gasteiger partial charge is 0.122 e. The fourth-order valence-electron chi connectivity index (χ4n) is 0.166. The highest BCUT2D eigenvalue weighted by Crippen LogP contribution is 1.94. The molecule has 0 nitrogen and oxygen atoms in total. The summed E-state index contributed by atoms with van der Waals surface area (Å²) < 4.78 is 1.71. The Bertz CT molecular complexity index is 34.5. The van der Waals surface area contributed by atoms with Gasteiger partial charge < -0.3 is 0 Å². The molecular weight excluding hydrogens is 112 g/mol. The lowest BCUT2D eigenvalue weighted by Gasteiger charge is -1.81. The van der Waals surface area contributed by atoms with E-state index < -0.39 is 0 Å². The molecule has 2 heteroatoms. The Kier molecular flexibility index (Phi) is 5.84. The molecule has 0 amide bonds. The summed E-state index contributed by atoms with van der Waals surface area (Å²) in [6.07, 6.45) is 1.22. The van der Waals surface area contributed by atoms with Crippen LogP contribution < -0.4 is 0 Å². The average molecular weight is 120 g/mol. The molecule has 0 radical (unpaired) electrons. The van der Waals surface area contributed by atoms with E-state index >= 15 is 0 Å². The van der Waals surface area contributed by atoms with E-state index in [0.29, 0.717) is 0 Å². The van der Waals surface area contributed by atoms with Gasteiger partial charge in [-0.3, -0.25) is 0 Å². The summed E-state index contributed by atoms with van der Waals surface area (Å²) in [4.78, 5) is 0. The SMILES string of the molecule is CCCSC=S. The maximum atomic E-state index is 4.56. The molecule has 0 aromatic carbocycles. The second-order valence-corrected chi connectivity index (χ2v) is 2.48. The fourth-order valence-corrected chi connectivity index (χ4v) is 0.787. The van der Waals surface area contributed by atoms with Gasteiger partial charge in [0.25, 0.3) is 0 Å². The Morgan fingerprint density at radius 2 is 2.50 bits per heavy atom. The molecule has 0 aliphatic carbocycles. The predicted octanol–water partition coefficient (Wildman–Crippen LogP) is 2.09. The molecule has 0 N–H and O–H groups in total. The topological polar surface area (TPSA) is 0 Å². The predicted molar refractivity (Wildman–Crippen MR) is 36.4 cm³/mol. The van der Waals surface area contributed by atoms with Crippen LogP contribution in [0, 0.1) is 0 Å². The number of hydrogen-bond donors (Lipinski definition) is 0. The molecule has 0 unspecified atom stereocenters. The minimum Gasteiger partial charge on any atom is -0.122 e. The summed E-state index contributed by atoms with van der Waals surface area (Å²) in [6.45, 7) is 2.14. The quantitative estimate of drug-likeness (QED) is 0.413. The van der Waals surface area contributed by atoms with E-state index in [1.54, 1.807) is 16.5 Å². The zero-order valence-corrected chi connectivity index (χ0v) is 5.44. The Morgan fingerprint density at radius 1 is 1.83 bits per heavy atom. The van der Waals surface area contributed by atoms with Gasteiger partial charge in [0.05, 0.1) is 0 Å². The van der Waals surface area contributed by atoms with Crippen LogP contribution in [0.15, 0.2) is 0 Å². The van der Waals surface area contributed by atoms with E-state index in [4.69, 9.17) is 0 Å². The van der Waals surface area contributed by atoms with Crippen LogP contribution in [0.25, 0.3) is 0 Å². The van der Waals surface area contributed by atoms with E-state index in [0.717, 1.165) is 0 Å². The van der Waals surface area contributed by atoms with Gasteiger partial charge in [-0.2, -0.15) is 0 Å². The van der Waals surface area contributed by atoms with E-state index in [-0.39, 0.29) is 0 Å². The van der Waals surface area contributed by atoms with Crippen LogP contribution in [-0.2, 0) is 0 Å². The number of rotatable bonds is 3. The molecule has 0 saturated heterocycles. The highest BCUT2D eigenvalue weighted by Gasteiger charge is 1.72. The number of thiocarbonyl (C=S) groups is 1. The van der Waals surface area contributed by atoms with Gasteiger partial charge in [0.2, 0.25) is 0 Å². The normalized spacial score (nSPS) is 8.17. The van der Waals surface area contributed by atoms with Crippen LogP contribution in [-0.4, -0.2) is 10.5 Å². The molecule has 0 aromatic rings. The van der Waals surface area contributed by atoms with Crippen molar-refractivity contribution < 1.29 is 0 Å². The van der Waals surface area contributed by atoms with Gasteiger partial charge in [-0.05, 0) is 12.2 Å². The second kappa shape index (κ2) is 5.44. The molecule has 36 valence electrons. The van der Waals surface area contributed by atoms with Gasteiger partial charge in [-0.15, -0.1) is 11.8 Å². The lowest BCUT2D eigenvalue weighted by Crippen LogP contribution is -1.67. The second-order valence-electron chi connectivity index (χ2n) is 0.967. The smallest absolute Gasteiger partial charge is 0.0341 e. The van der Waals surface area contributed by atoms with E-state index in [1.807, 2.05) is 0 Å². The first-order valence-electron chi connectivity index (χ1n) is 1.97. The van der Waals surface area contributed by atoms with E-state index in [1.165, 1.54) is 12.2 Å². The van der Waals surface area contributed by atoms with Crippen molar-refractivity contribution in [3.63, 3.8) is 0 Å². The highest BCUT2D eigenvalue weighted by molar-refractivity contribution is 8.20. The van der Waals surface area contributed by atoms with Crippen molar-refractivity contribution in [2.45, 2.75) is 13.3 Å². The summed E-state index contributed by atoms with van der Waals surface area (Å²) >= 11 is 6.25. The fraction of sp³-hybridized carbons (Fsp3) is 0.750. The molecular formula is C4H8S2. The molecule has 0 bridgehead atoms. The van der Waals surface area contributed by atoms with Crippen molar-refractivity contribution in [1.29, 1.82) is 0 Å². The van der Waals surface area contributed by atoms with Crippen molar-refractivity contribution in [1.82, 2.24) is 0 Å². The minimum atomic E-state index is 1.17. The third-order valence-corrected chi connectivity index (χ3v) is 1.58. The molecule has 0 aromatic heterocycles. The van der Waals surface area contributed by atoms with Gasteiger partial charge in [0.15, 0.2) is 0 Å². The Labute approximate surface area is 48.3 Å². The molecule has 0 aliphatic heterocycles. The first kappa shape index (κ1) is 6.44. The van der Waals surface area contributed by atoms with Crippen LogP contribution >= 0.6 is 24.0 Å². The zero-order valence-electron chi connectivity index (χ0n) is 3.81. The van der Waals surface area contributed by atoms with E-state index in [2.05, 4.69) is 19.1 Å². The van der Waals surface area contributed by atoms with Gasteiger partial charge in [-0.25, -0.2) is 0 Å². The lowest BCUT2D eigenvalue weighted by molar-refractivity contribution is 1.11. The third-order valence-electron chi connectivity index (χ3n) is 0.390. The Hall–Kier alpha value is 0.440. The summed E-state index contributed by atoms with van der Waals surface area (Å²) in [5.74, 6) is 1.17. The maximum Gasteiger partial charge on any atom is 0.0341 e. The summed E-state index contributed by atoms with van der Waals surface area (Å²) in [5, 5.41) is 0. The summed E-state index contributed by atoms with van der Waals surface area (Å²) in [6, 6.07) is 0. The summed E-state index contributed by atoms with van der Waals surface area (Å²) in [7, 11) is 0. The van der Waals surface area contributed by atoms with Crippen LogP contribution in [0.5, 0.6) is 0 Å². The first-order chi connectivity index (χ1) is 2.91. The maximum absolute atomic E-state index is 4.56. The molecule has 0 atom stereocenters. The van der Waals surface area contributed by atoms with Gasteiger partial charge >= 0.3 is 0 Å². The van der Waals surface area contributed by atoms with Crippen molar-refractivity contribution in [3.05, 3.63) is 0 Å². The monoisotopic (exact) mass is 120 g/mol. The van der Waals surface area contributed by atoms with Crippen molar-refractivity contribution in [2.24, 2.45) is 0 Å².